The molecule has 1 N–H and O–H groups in total. The number of nitrogens with zero attached hydrogens (tertiary/aromatic N) is 1. The van der Waals surface area contributed by atoms with E-state index in [1.165, 1.54) is 0 Å². The summed E-state index contributed by atoms with van der Waals surface area (Å²) in [7, 11) is 0. The molecule has 18 heavy (non-hydrogen) atoms. The molecule has 0 saturated carbocycles. The number of nitrogens with one attached hydrogen (secondary N) is 1. The van der Waals surface area contributed by atoms with Gasteiger partial charge >= 0.3 is 5.69 Å². The van der Waals surface area contributed by atoms with Gasteiger partial charge in [0.15, 0.2) is 0 Å². The number of aromatic amines is 1. The molecule has 0 bridgehead atoms. The van der Waals surface area contributed by atoms with Crippen LogP contribution in [0.4, 0.5) is 0 Å². The molecule has 0 aliphatic rings. The van der Waals surface area contributed by atoms with E-state index in [-0.39, 0.29) is 5.69 Å². The van der Waals surface area contributed by atoms with Crippen LogP contribution < -0.4 is 10.4 Å². The standard InChI is InChI=1S/C14H16N2O2/c1-3-8-18-12-7-5-4-6-11(12)13-10(2)9-15-14(17)16-13/h4-7,9H,3,8H2,1-2H3,(H,15,16,17). The second-order valence-electron chi connectivity index (χ2n) is 4.09. The highest BCUT2D eigenvalue weighted by Crippen LogP contribution is 2.29. The van der Waals surface area contributed by atoms with Crippen molar-refractivity contribution in [2.45, 2.75) is 20.3 Å². The van der Waals surface area contributed by atoms with Crippen molar-refractivity contribution in [3.05, 3.63) is 46.5 Å². The zero-order chi connectivity index (χ0) is 13.0. The quantitative estimate of drug-likeness (QED) is 0.899. The van der Waals surface area contributed by atoms with E-state index in [1.54, 1.807) is 6.20 Å². The first-order chi connectivity index (χ1) is 8.72. The fourth-order valence-corrected chi connectivity index (χ4v) is 1.75. The van der Waals surface area contributed by atoms with Gasteiger partial charge in [0.05, 0.1) is 12.3 Å². The van der Waals surface area contributed by atoms with Crippen LogP contribution in [0.3, 0.4) is 0 Å². The average Bonchev–Trinajstić information content (AvgIpc) is 2.39. The molecule has 0 atom stereocenters. The van der Waals surface area contributed by atoms with Gasteiger partial charge in [0.25, 0.3) is 0 Å². The van der Waals surface area contributed by atoms with Crippen LogP contribution in [0.1, 0.15) is 18.9 Å². The van der Waals surface area contributed by atoms with Crippen LogP contribution in [0, 0.1) is 6.92 Å². The fraction of sp³-hybridized carbons (Fsp3) is 0.286. The molecule has 0 amide bonds. The second-order valence-corrected chi connectivity index (χ2v) is 4.09. The maximum absolute atomic E-state index is 11.3. The first kappa shape index (κ1) is 12.4. The molecule has 0 fully saturated rings. The van der Waals surface area contributed by atoms with Gasteiger partial charge in [-0.1, -0.05) is 19.1 Å². The van der Waals surface area contributed by atoms with Gasteiger partial charge < -0.3 is 9.72 Å². The SMILES string of the molecule is CCCOc1ccccc1-c1[nH]c(=O)ncc1C. The van der Waals surface area contributed by atoms with Gasteiger partial charge in [-0.25, -0.2) is 9.78 Å². The number of rotatable bonds is 4. The molecule has 0 aliphatic carbocycles. The lowest BCUT2D eigenvalue weighted by Crippen LogP contribution is -2.11. The van der Waals surface area contributed by atoms with E-state index in [4.69, 9.17) is 4.74 Å². The fourth-order valence-electron chi connectivity index (χ4n) is 1.75. The Balaban J connectivity index is 2.49. The molecule has 0 saturated heterocycles. The third-order valence-electron chi connectivity index (χ3n) is 2.62. The lowest BCUT2D eigenvalue weighted by molar-refractivity contribution is 0.318. The Morgan fingerprint density at radius 2 is 2.11 bits per heavy atom. The zero-order valence-corrected chi connectivity index (χ0v) is 10.6. The molecular formula is C14H16N2O2. The third kappa shape index (κ3) is 2.59. The van der Waals surface area contributed by atoms with Crippen molar-refractivity contribution in [1.29, 1.82) is 0 Å². The maximum Gasteiger partial charge on any atom is 0.345 e. The van der Waals surface area contributed by atoms with E-state index in [0.717, 1.165) is 29.0 Å². The highest BCUT2D eigenvalue weighted by molar-refractivity contribution is 5.69. The monoisotopic (exact) mass is 244 g/mol. The Kier molecular flexibility index (Phi) is 3.77. The number of hydrogen-bond acceptors (Lipinski definition) is 3. The number of ether oxygens (including phenoxy) is 1. The summed E-state index contributed by atoms with van der Waals surface area (Å²) in [6, 6.07) is 7.68. The molecular weight excluding hydrogens is 228 g/mol. The van der Waals surface area contributed by atoms with Crippen LogP contribution in [0.2, 0.25) is 0 Å². The van der Waals surface area contributed by atoms with Gasteiger partial charge in [0.2, 0.25) is 0 Å². The van der Waals surface area contributed by atoms with Crippen LogP contribution in [0.25, 0.3) is 11.3 Å². The minimum absolute atomic E-state index is 0.346. The Morgan fingerprint density at radius 1 is 1.33 bits per heavy atom. The number of aryl methyl sites for hydroxylation is 1. The number of H-pyrrole nitrogens is 1. The Labute approximate surface area is 106 Å². The Hall–Kier alpha value is -2.10. The van der Waals surface area contributed by atoms with E-state index in [9.17, 15) is 4.79 Å². The van der Waals surface area contributed by atoms with Gasteiger partial charge in [-0.15, -0.1) is 0 Å². The van der Waals surface area contributed by atoms with Gasteiger partial charge in [-0.3, -0.25) is 0 Å². The molecule has 94 valence electrons. The normalized spacial score (nSPS) is 10.3. The molecule has 4 nitrogen and oxygen atoms in total. The summed E-state index contributed by atoms with van der Waals surface area (Å²) in [4.78, 5) is 17.8. The van der Waals surface area contributed by atoms with Crippen LogP contribution >= 0.6 is 0 Å². The zero-order valence-electron chi connectivity index (χ0n) is 10.6. The molecule has 0 radical (unpaired) electrons. The lowest BCUT2D eigenvalue weighted by atomic mass is 10.1. The number of aromatic nitrogens is 2. The van der Waals surface area contributed by atoms with Crippen LogP contribution in [0.5, 0.6) is 5.75 Å². The third-order valence-corrected chi connectivity index (χ3v) is 2.62. The summed E-state index contributed by atoms with van der Waals surface area (Å²) < 4.78 is 5.69. The highest BCUT2D eigenvalue weighted by atomic mass is 16.5. The summed E-state index contributed by atoms with van der Waals surface area (Å²) >= 11 is 0. The van der Waals surface area contributed by atoms with Crippen LogP contribution in [0.15, 0.2) is 35.3 Å². The van der Waals surface area contributed by atoms with Crippen LogP contribution in [-0.4, -0.2) is 16.6 Å². The first-order valence-electron chi connectivity index (χ1n) is 6.00. The molecule has 0 unspecified atom stereocenters. The summed E-state index contributed by atoms with van der Waals surface area (Å²) in [5, 5.41) is 0. The predicted octanol–water partition coefficient (Wildman–Crippen LogP) is 2.53. The highest BCUT2D eigenvalue weighted by Gasteiger charge is 2.09. The molecule has 0 aliphatic heterocycles. The predicted molar refractivity (Wildman–Crippen MR) is 70.8 cm³/mol. The minimum atomic E-state index is -0.346. The molecule has 2 rings (SSSR count). The molecule has 1 heterocycles. The second kappa shape index (κ2) is 5.49. The Bertz CT molecular complexity index is 590. The molecule has 1 aromatic carbocycles. The van der Waals surface area contributed by atoms with E-state index < -0.39 is 0 Å². The smallest absolute Gasteiger partial charge is 0.345 e. The summed E-state index contributed by atoms with van der Waals surface area (Å²) in [5.41, 5.74) is 2.23. The van der Waals surface area contributed by atoms with Crippen molar-refractivity contribution < 1.29 is 4.74 Å². The molecule has 1 aromatic heterocycles. The van der Waals surface area contributed by atoms with E-state index in [0.29, 0.717) is 6.61 Å². The van der Waals surface area contributed by atoms with Crippen molar-refractivity contribution in [1.82, 2.24) is 9.97 Å². The average molecular weight is 244 g/mol. The van der Waals surface area contributed by atoms with Gasteiger partial charge in [-0.05, 0) is 31.0 Å². The van der Waals surface area contributed by atoms with E-state index >= 15 is 0 Å². The van der Waals surface area contributed by atoms with Crippen molar-refractivity contribution in [2.24, 2.45) is 0 Å². The van der Waals surface area contributed by atoms with Crippen molar-refractivity contribution >= 4 is 0 Å². The van der Waals surface area contributed by atoms with Gasteiger partial charge in [0, 0.05) is 11.8 Å². The lowest BCUT2D eigenvalue weighted by Gasteiger charge is -2.11. The summed E-state index contributed by atoms with van der Waals surface area (Å²) in [5.74, 6) is 0.782. The van der Waals surface area contributed by atoms with Crippen molar-refractivity contribution in [3.8, 4) is 17.0 Å². The van der Waals surface area contributed by atoms with Crippen molar-refractivity contribution in [2.75, 3.05) is 6.61 Å². The number of para-hydroxylation sites is 1. The van der Waals surface area contributed by atoms with E-state index in [2.05, 4.69) is 16.9 Å². The number of hydrogen-bond donors (Lipinski definition) is 1. The largest absolute Gasteiger partial charge is 0.493 e. The van der Waals surface area contributed by atoms with Crippen molar-refractivity contribution in [3.63, 3.8) is 0 Å². The topological polar surface area (TPSA) is 55.0 Å². The van der Waals surface area contributed by atoms with E-state index in [1.807, 2.05) is 31.2 Å². The maximum atomic E-state index is 11.3. The molecule has 4 heteroatoms. The first-order valence-corrected chi connectivity index (χ1v) is 6.00. The number of benzene rings is 1. The van der Waals surface area contributed by atoms with Crippen LogP contribution in [-0.2, 0) is 0 Å². The van der Waals surface area contributed by atoms with Gasteiger partial charge in [-0.2, -0.15) is 0 Å². The summed E-state index contributed by atoms with van der Waals surface area (Å²) in [6.07, 6.45) is 2.52. The molecule has 2 aromatic rings. The molecule has 0 spiro atoms. The minimum Gasteiger partial charge on any atom is -0.493 e. The van der Waals surface area contributed by atoms with Gasteiger partial charge in [0.1, 0.15) is 5.75 Å². The summed E-state index contributed by atoms with van der Waals surface area (Å²) in [6.45, 7) is 4.63. The Morgan fingerprint density at radius 3 is 2.89 bits per heavy atom.